The van der Waals surface area contributed by atoms with Gasteiger partial charge in [0.1, 0.15) is 6.73 Å². The maximum absolute atomic E-state index is 13.9. The Balaban J connectivity index is 0.0000160. The monoisotopic (exact) mass is 692 g/mol. The summed E-state index contributed by atoms with van der Waals surface area (Å²) in [5.74, 6) is -52.4. The first-order valence-corrected chi connectivity index (χ1v) is 11.9. The normalized spacial score (nSPS) is 15.4. The molecule has 41 heavy (non-hydrogen) atoms. The van der Waals surface area contributed by atoms with Crippen LogP contribution in [0.15, 0.2) is 35.2 Å². The van der Waals surface area contributed by atoms with Crippen LogP contribution >= 0.6 is 0 Å². The molecule has 0 heterocycles. The molecule has 0 spiro atoms. The van der Waals surface area contributed by atoms with Crippen molar-refractivity contribution in [2.24, 2.45) is 0 Å². The topological polar surface area (TPSA) is 89.5 Å². The first-order valence-electron chi connectivity index (χ1n) is 8.96. The van der Waals surface area contributed by atoms with Crippen LogP contribution in [0.5, 0.6) is 0 Å². The molecule has 1 aromatic carbocycles. The van der Waals surface area contributed by atoms with Gasteiger partial charge in [0.15, 0.2) is 0 Å². The average molecular weight is 692 g/mol. The van der Waals surface area contributed by atoms with Crippen molar-refractivity contribution in [3.8, 4) is 0 Å². The number of alkyl halides is 17. The second-order valence-electron chi connectivity index (χ2n) is 7.14. The molecule has 6 nitrogen and oxygen atoms in total. The van der Waals surface area contributed by atoms with E-state index in [2.05, 4.69) is 4.18 Å². The van der Waals surface area contributed by atoms with Gasteiger partial charge in [0.25, 0.3) is 20.1 Å². The number of hydrogen-bond acceptors (Lipinski definition) is 5. The van der Waals surface area contributed by atoms with Gasteiger partial charge in [-0.3, -0.25) is 0 Å². The third-order valence-corrected chi connectivity index (χ3v) is 7.23. The quantitative estimate of drug-likeness (QED) is 0.147. The van der Waals surface area contributed by atoms with Gasteiger partial charge < -0.3 is 0 Å². The molecule has 0 aliphatic rings. The van der Waals surface area contributed by atoms with Gasteiger partial charge in [0, 0.05) is 29.6 Å². The third kappa shape index (κ3) is 6.12. The molecule has 235 valence electrons. The maximum Gasteiger partial charge on any atom is 0.460 e. The van der Waals surface area contributed by atoms with Crippen molar-refractivity contribution in [1.29, 1.82) is 0 Å². The van der Waals surface area contributed by atoms with Crippen LogP contribution in [0, 0.1) is 0 Å². The summed E-state index contributed by atoms with van der Waals surface area (Å²) in [6, 6.07) is 4.56. The van der Waals surface area contributed by atoms with Crippen molar-refractivity contribution in [2.45, 2.75) is 51.9 Å². The van der Waals surface area contributed by atoms with Crippen molar-refractivity contribution in [3.05, 3.63) is 30.3 Å². The van der Waals surface area contributed by atoms with Gasteiger partial charge in [-0.25, -0.2) is 12.6 Å². The molecule has 0 saturated carbocycles. The van der Waals surface area contributed by atoms with Crippen LogP contribution in [0.2, 0.25) is 0 Å². The summed E-state index contributed by atoms with van der Waals surface area (Å²) < 4.78 is 275. The summed E-state index contributed by atoms with van der Waals surface area (Å²) in [6.45, 7) is -2.42. The van der Waals surface area contributed by atoms with Crippen molar-refractivity contribution >= 4 is 49.7 Å². The summed E-state index contributed by atoms with van der Waals surface area (Å²) in [6.07, 6.45) is -7.94. The molecule has 0 saturated heterocycles. The predicted molar refractivity (Wildman–Crippen MR) is 98.1 cm³/mol. The molecule has 0 aliphatic heterocycles. The maximum atomic E-state index is 13.9. The van der Waals surface area contributed by atoms with Gasteiger partial charge in [0.2, 0.25) is 0 Å². The Labute approximate surface area is 238 Å². The van der Waals surface area contributed by atoms with E-state index in [1.54, 1.807) is 0 Å². The Kier molecular flexibility index (Phi) is 11.1. The molecule has 1 radical (unpaired) electrons. The van der Waals surface area contributed by atoms with E-state index in [1.165, 1.54) is 6.07 Å². The molecule has 0 fully saturated rings. The van der Waals surface area contributed by atoms with Crippen LogP contribution in [0.4, 0.5) is 74.6 Å². The number of nitrogens with one attached hydrogen (secondary N) is 1. The van der Waals surface area contributed by atoms with E-state index in [4.69, 9.17) is 0 Å². The first-order chi connectivity index (χ1) is 17.3. The molecule has 1 N–H and O–H groups in total. The molecule has 0 atom stereocenters. The second kappa shape index (κ2) is 11.4. The number of rotatable bonds is 12. The van der Waals surface area contributed by atoms with Gasteiger partial charge in [-0.2, -0.15) is 87.8 Å². The average Bonchev–Trinajstić information content (AvgIpc) is 2.77. The Bertz CT molecular complexity index is 1280. The minimum absolute atomic E-state index is 0. The largest absolute Gasteiger partial charge is 0.460 e. The summed E-state index contributed by atoms with van der Waals surface area (Å²) in [5.41, 5.74) is 0. The molecule has 1 aromatic rings. The van der Waals surface area contributed by atoms with Gasteiger partial charge in [-0.05, 0) is 12.1 Å². The summed E-state index contributed by atoms with van der Waals surface area (Å²) >= 11 is 0. The molecular formula is C15H8F17NNaO5S2. The van der Waals surface area contributed by atoms with E-state index >= 15 is 0 Å². The molecule has 0 unspecified atom stereocenters. The fraction of sp³-hybridized carbons (Fsp3) is 0.600. The Morgan fingerprint density at radius 1 is 0.561 bits per heavy atom. The van der Waals surface area contributed by atoms with E-state index in [9.17, 15) is 91.5 Å². The van der Waals surface area contributed by atoms with E-state index in [0.717, 1.165) is 12.1 Å². The van der Waals surface area contributed by atoms with Gasteiger partial charge in [0.05, 0.1) is 4.90 Å². The number of benzene rings is 1. The van der Waals surface area contributed by atoms with Crippen LogP contribution in [-0.4, -0.2) is 100 Å². The van der Waals surface area contributed by atoms with Crippen LogP contribution in [0.3, 0.4) is 0 Å². The molecule has 0 aliphatic carbocycles. The zero-order valence-electron chi connectivity index (χ0n) is 18.9. The molecule has 26 heteroatoms. The fourth-order valence-corrected chi connectivity index (χ4v) is 4.02. The van der Waals surface area contributed by atoms with Gasteiger partial charge in [-0.1, -0.05) is 18.2 Å². The molecule has 0 aromatic heterocycles. The van der Waals surface area contributed by atoms with Crippen molar-refractivity contribution in [2.75, 3.05) is 6.73 Å². The van der Waals surface area contributed by atoms with E-state index < -0.39 is 78.7 Å². The SMILES string of the molecule is O=S(=O)(OCNS(=O)(=O)C(F)(F)C(F)(F)C(F)(F)C(F)(F)C(F)(F)C(F)(F)C(F)(F)C(F)(F)F)c1ccccc1.[Na]. The molecule has 0 amide bonds. The van der Waals surface area contributed by atoms with E-state index in [0.29, 0.717) is 12.1 Å². The van der Waals surface area contributed by atoms with Gasteiger partial charge >= 0.3 is 47.0 Å². The van der Waals surface area contributed by atoms with Crippen LogP contribution < -0.4 is 4.72 Å². The van der Waals surface area contributed by atoms with Crippen molar-refractivity contribution in [1.82, 2.24) is 4.72 Å². The van der Waals surface area contributed by atoms with Crippen LogP contribution in [0.1, 0.15) is 0 Å². The van der Waals surface area contributed by atoms with Crippen molar-refractivity contribution in [3.63, 3.8) is 0 Å². The Morgan fingerprint density at radius 2 is 0.902 bits per heavy atom. The van der Waals surface area contributed by atoms with Gasteiger partial charge in [-0.15, -0.1) is 0 Å². The number of hydrogen-bond donors (Lipinski definition) is 1. The summed E-state index contributed by atoms with van der Waals surface area (Å²) in [5, 5.41) is -7.84. The van der Waals surface area contributed by atoms with E-state index in [-0.39, 0.29) is 34.3 Å². The first kappa shape index (κ1) is 39.8. The minimum atomic E-state index is -8.98. The third-order valence-electron chi connectivity index (χ3n) is 4.53. The fourth-order valence-electron chi connectivity index (χ4n) is 2.24. The predicted octanol–water partition coefficient (Wildman–Crippen LogP) is 4.85. The summed E-state index contributed by atoms with van der Waals surface area (Å²) in [7, 11) is -12.8. The zero-order chi connectivity index (χ0) is 32.2. The zero-order valence-corrected chi connectivity index (χ0v) is 22.5. The molecular weight excluding hydrogens is 684 g/mol. The number of halogens is 17. The standard InChI is InChI=1S/C15H8F17NO5S2.Na/c16-8(17,10(20,21)12(24,25)14(28,29)30)9(18,19)11(22,23)13(26,27)15(31,32)40(36,37)33-6-38-39(34,35)7-4-2-1-3-5-7;/h1-5,33H,6H2;. The van der Waals surface area contributed by atoms with Crippen LogP contribution in [0.25, 0.3) is 0 Å². The second-order valence-corrected chi connectivity index (χ2v) is 10.6. The minimum Gasteiger partial charge on any atom is -0.250 e. The van der Waals surface area contributed by atoms with E-state index in [1.807, 2.05) is 0 Å². The number of sulfonamides is 1. The molecule has 0 bridgehead atoms. The smallest absolute Gasteiger partial charge is 0.250 e. The van der Waals surface area contributed by atoms with Crippen molar-refractivity contribution < 1.29 is 95.7 Å². The van der Waals surface area contributed by atoms with Crippen LogP contribution in [-0.2, 0) is 24.3 Å². The Hall–Kier alpha value is -1.15. The Morgan fingerprint density at radius 3 is 1.27 bits per heavy atom. The molecule has 1 rings (SSSR count). The summed E-state index contributed by atoms with van der Waals surface area (Å²) in [4.78, 5) is -0.878.